The molecule has 0 amide bonds. The Hall–Kier alpha value is -3.46. The second kappa shape index (κ2) is 8.35. The smallest absolute Gasteiger partial charge is 0.229 e. The molecule has 0 atom stereocenters. The van der Waals surface area contributed by atoms with E-state index in [0.29, 0.717) is 29.9 Å². The zero-order valence-corrected chi connectivity index (χ0v) is 17.9. The molecule has 0 bridgehead atoms. The Morgan fingerprint density at radius 2 is 1.84 bits per heavy atom. The highest BCUT2D eigenvalue weighted by Gasteiger charge is 2.12. The maximum atomic E-state index is 13.4. The Bertz CT molecular complexity index is 1330. The highest BCUT2D eigenvalue weighted by Crippen LogP contribution is 2.27. The van der Waals surface area contributed by atoms with Crippen LogP contribution in [0.2, 0.25) is 0 Å². The highest BCUT2D eigenvalue weighted by atomic mass is 32.2. The van der Waals surface area contributed by atoms with E-state index in [1.807, 2.05) is 28.7 Å². The summed E-state index contributed by atoms with van der Waals surface area (Å²) in [6.07, 6.45) is 4.13. The molecule has 1 N–H and O–H groups in total. The number of nitrogens with zero attached hydrogens (tertiary/aromatic N) is 3. The van der Waals surface area contributed by atoms with Gasteiger partial charge in [-0.2, -0.15) is 0 Å². The number of nitrogens with one attached hydrogen (secondary N) is 1. The summed E-state index contributed by atoms with van der Waals surface area (Å²) in [5.41, 5.74) is 4.89. The number of sulfonamides is 1. The van der Waals surface area contributed by atoms with Gasteiger partial charge in [0.1, 0.15) is 17.9 Å². The van der Waals surface area contributed by atoms with E-state index in [-0.39, 0.29) is 5.82 Å². The van der Waals surface area contributed by atoms with E-state index in [1.54, 1.807) is 24.5 Å². The van der Waals surface area contributed by atoms with Gasteiger partial charge in [-0.1, -0.05) is 18.2 Å². The van der Waals surface area contributed by atoms with Crippen molar-refractivity contribution < 1.29 is 17.5 Å². The molecule has 0 fully saturated rings. The third kappa shape index (κ3) is 4.66. The van der Waals surface area contributed by atoms with Crippen molar-refractivity contribution in [2.45, 2.75) is 12.8 Å². The molecule has 2 aromatic heterocycles. The fourth-order valence-corrected chi connectivity index (χ4v) is 4.08. The Labute approximate surface area is 179 Å². The number of anilines is 1. The molecule has 0 radical (unpaired) electrons. The van der Waals surface area contributed by atoms with Gasteiger partial charge in [0.15, 0.2) is 5.65 Å². The van der Waals surface area contributed by atoms with Gasteiger partial charge in [0.2, 0.25) is 10.0 Å². The average molecular weight is 441 g/mol. The number of ether oxygens (including phenoxy) is 1. The van der Waals surface area contributed by atoms with Crippen LogP contribution in [0.25, 0.3) is 16.8 Å². The van der Waals surface area contributed by atoms with E-state index in [1.165, 1.54) is 19.2 Å². The van der Waals surface area contributed by atoms with Gasteiger partial charge in [-0.25, -0.2) is 12.8 Å². The standard InChI is InChI=1S/C22H21FN4O3S/c1-30-21-13-17(23)7-3-16(21)6-10-19-11-12-20(22-25-24-14-27(19)22)15-4-8-18(9-5-15)26-31(2,28)29/h3-5,7-9,11-14,26H,6,10H2,1-2H3. The Morgan fingerprint density at radius 1 is 1.06 bits per heavy atom. The normalized spacial score (nSPS) is 11.6. The van der Waals surface area contributed by atoms with E-state index < -0.39 is 10.0 Å². The Kier molecular flexibility index (Phi) is 5.60. The number of fused-ring (bicyclic) bond motifs is 1. The van der Waals surface area contributed by atoms with Crippen molar-refractivity contribution in [1.82, 2.24) is 14.6 Å². The molecule has 4 rings (SSSR count). The summed E-state index contributed by atoms with van der Waals surface area (Å²) in [6.45, 7) is 0. The number of aryl methyl sites for hydroxylation is 2. The fraction of sp³-hybridized carbons (Fsp3) is 0.182. The van der Waals surface area contributed by atoms with Crippen molar-refractivity contribution in [1.29, 1.82) is 0 Å². The lowest BCUT2D eigenvalue weighted by molar-refractivity contribution is 0.406. The molecule has 0 spiro atoms. The molecular formula is C22H21FN4O3S. The largest absolute Gasteiger partial charge is 0.496 e. The Morgan fingerprint density at radius 3 is 2.55 bits per heavy atom. The number of pyridine rings is 1. The maximum Gasteiger partial charge on any atom is 0.229 e. The number of methoxy groups -OCH3 is 1. The predicted octanol–water partition coefficient (Wildman–Crippen LogP) is 3.70. The lowest BCUT2D eigenvalue weighted by Crippen LogP contribution is -2.09. The second-order valence-corrected chi connectivity index (χ2v) is 8.92. The summed E-state index contributed by atoms with van der Waals surface area (Å²) in [5.74, 6) is 0.198. The van der Waals surface area contributed by atoms with E-state index in [4.69, 9.17) is 4.74 Å². The van der Waals surface area contributed by atoms with Crippen LogP contribution in [0.15, 0.2) is 60.9 Å². The van der Waals surface area contributed by atoms with Gasteiger partial charge in [-0.15, -0.1) is 10.2 Å². The monoisotopic (exact) mass is 440 g/mol. The van der Waals surface area contributed by atoms with Crippen LogP contribution in [-0.2, 0) is 22.9 Å². The van der Waals surface area contributed by atoms with Gasteiger partial charge >= 0.3 is 0 Å². The first-order chi connectivity index (χ1) is 14.8. The van der Waals surface area contributed by atoms with E-state index in [9.17, 15) is 12.8 Å². The molecule has 0 unspecified atom stereocenters. The Balaban J connectivity index is 1.61. The molecule has 0 aliphatic rings. The van der Waals surface area contributed by atoms with Crippen LogP contribution in [0.4, 0.5) is 10.1 Å². The zero-order chi connectivity index (χ0) is 22.0. The number of aromatic nitrogens is 3. The minimum absolute atomic E-state index is 0.330. The topological polar surface area (TPSA) is 85.6 Å². The van der Waals surface area contributed by atoms with Crippen LogP contribution in [0, 0.1) is 5.82 Å². The van der Waals surface area contributed by atoms with Gasteiger partial charge in [0.05, 0.1) is 13.4 Å². The van der Waals surface area contributed by atoms with Crippen LogP contribution in [0.1, 0.15) is 11.3 Å². The summed E-state index contributed by atoms with van der Waals surface area (Å²) >= 11 is 0. The first-order valence-electron chi connectivity index (χ1n) is 9.56. The summed E-state index contributed by atoms with van der Waals surface area (Å²) < 4.78 is 45.9. The van der Waals surface area contributed by atoms with Gasteiger partial charge < -0.3 is 4.74 Å². The molecule has 2 aromatic carbocycles. The molecule has 0 saturated carbocycles. The molecule has 0 aliphatic heterocycles. The van der Waals surface area contributed by atoms with Crippen LogP contribution >= 0.6 is 0 Å². The van der Waals surface area contributed by atoms with E-state index in [0.717, 1.165) is 28.6 Å². The molecule has 0 aliphatic carbocycles. The van der Waals surface area contributed by atoms with E-state index >= 15 is 0 Å². The number of hydrogen-bond donors (Lipinski definition) is 1. The predicted molar refractivity (Wildman–Crippen MR) is 117 cm³/mol. The van der Waals surface area contributed by atoms with Gasteiger partial charge in [0.25, 0.3) is 0 Å². The van der Waals surface area contributed by atoms with Crippen molar-refractivity contribution in [3.05, 3.63) is 78.0 Å². The fourth-order valence-electron chi connectivity index (χ4n) is 3.51. The molecule has 0 saturated heterocycles. The number of rotatable bonds is 7. The zero-order valence-electron chi connectivity index (χ0n) is 17.0. The van der Waals surface area contributed by atoms with Crippen LogP contribution in [-0.4, -0.2) is 36.4 Å². The highest BCUT2D eigenvalue weighted by molar-refractivity contribution is 7.92. The summed E-state index contributed by atoms with van der Waals surface area (Å²) in [4.78, 5) is 0. The minimum atomic E-state index is -3.33. The van der Waals surface area contributed by atoms with Crippen molar-refractivity contribution >= 4 is 21.4 Å². The summed E-state index contributed by atoms with van der Waals surface area (Å²) in [6, 6.07) is 15.6. The third-order valence-corrected chi connectivity index (χ3v) is 5.55. The SMILES string of the molecule is COc1cc(F)ccc1CCc1ccc(-c2ccc(NS(C)(=O)=O)cc2)c2nncn12. The molecular weight excluding hydrogens is 419 g/mol. The molecule has 4 aromatic rings. The second-order valence-electron chi connectivity index (χ2n) is 7.17. The third-order valence-electron chi connectivity index (χ3n) is 4.94. The summed E-state index contributed by atoms with van der Waals surface area (Å²) in [5, 5.41) is 8.33. The summed E-state index contributed by atoms with van der Waals surface area (Å²) in [7, 11) is -1.80. The number of halogens is 1. The first kappa shape index (κ1) is 20.8. The van der Waals surface area contributed by atoms with Crippen molar-refractivity contribution in [3.8, 4) is 16.9 Å². The van der Waals surface area contributed by atoms with Gasteiger partial charge in [-0.05, 0) is 54.3 Å². The lowest BCUT2D eigenvalue weighted by Gasteiger charge is -2.11. The maximum absolute atomic E-state index is 13.4. The molecule has 2 heterocycles. The number of benzene rings is 2. The molecule has 7 nitrogen and oxygen atoms in total. The van der Waals surface area contributed by atoms with Gasteiger partial charge in [-0.3, -0.25) is 9.12 Å². The molecule has 9 heteroatoms. The quantitative estimate of drug-likeness (QED) is 0.474. The van der Waals surface area contributed by atoms with Crippen LogP contribution in [0.5, 0.6) is 5.75 Å². The van der Waals surface area contributed by atoms with Crippen molar-refractivity contribution in [2.24, 2.45) is 0 Å². The average Bonchev–Trinajstić information content (AvgIpc) is 3.22. The lowest BCUT2D eigenvalue weighted by atomic mass is 10.0. The van der Waals surface area contributed by atoms with Crippen molar-refractivity contribution in [3.63, 3.8) is 0 Å². The van der Waals surface area contributed by atoms with Crippen LogP contribution in [0.3, 0.4) is 0 Å². The molecule has 160 valence electrons. The first-order valence-corrected chi connectivity index (χ1v) is 11.5. The van der Waals surface area contributed by atoms with Gasteiger partial charge in [0, 0.05) is 23.0 Å². The van der Waals surface area contributed by atoms with Crippen molar-refractivity contribution in [2.75, 3.05) is 18.1 Å². The molecule has 31 heavy (non-hydrogen) atoms. The van der Waals surface area contributed by atoms with Crippen LogP contribution < -0.4 is 9.46 Å². The number of hydrogen-bond acceptors (Lipinski definition) is 5. The van der Waals surface area contributed by atoms with E-state index in [2.05, 4.69) is 14.9 Å². The minimum Gasteiger partial charge on any atom is -0.496 e.